The molecule has 0 bridgehead atoms. The molecule has 1 saturated heterocycles. The molecule has 1 aromatic carbocycles. The summed E-state index contributed by atoms with van der Waals surface area (Å²) < 4.78 is 0. The Kier molecular flexibility index (Phi) is 7.56. The van der Waals surface area contributed by atoms with Gasteiger partial charge in [0.05, 0.1) is 12.2 Å². The van der Waals surface area contributed by atoms with Crippen molar-refractivity contribution in [2.75, 3.05) is 37.6 Å². The SMILES string of the molecule is CC(C)CCC[C@@H](C)NC(=O)CN1CCN(c2ccccc2O)CC1. The first-order chi connectivity index (χ1) is 12.0. The largest absolute Gasteiger partial charge is 0.506 e. The predicted octanol–water partition coefficient (Wildman–Crippen LogP) is 2.85. The maximum Gasteiger partial charge on any atom is 0.234 e. The highest BCUT2D eigenvalue weighted by atomic mass is 16.3. The highest BCUT2D eigenvalue weighted by molar-refractivity contribution is 5.78. The molecule has 1 atom stereocenters. The van der Waals surface area contributed by atoms with Crippen molar-refractivity contribution >= 4 is 11.6 Å². The number of hydrogen-bond acceptors (Lipinski definition) is 4. The summed E-state index contributed by atoms with van der Waals surface area (Å²) in [6.45, 7) is 10.4. The Hall–Kier alpha value is -1.75. The zero-order valence-corrected chi connectivity index (χ0v) is 15.9. The monoisotopic (exact) mass is 347 g/mol. The molecular formula is C20H33N3O2. The van der Waals surface area contributed by atoms with Crippen LogP contribution in [-0.2, 0) is 4.79 Å². The van der Waals surface area contributed by atoms with Crippen molar-refractivity contribution in [3.05, 3.63) is 24.3 Å². The molecule has 2 N–H and O–H groups in total. The third-order valence-electron chi connectivity index (χ3n) is 4.79. The van der Waals surface area contributed by atoms with Gasteiger partial charge in [-0.2, -0.15) is 0 Å². The fourth-order valence-electron chi connectivity index (χ4n) is 3.31. The molecule has 25 heavy (non-hydrogen) atoms. The number of phenols is 1. The van der Waals surface area contributed by atoms with E-state index in [1.54, 1.807) is 6.07 Å². The van der Waals surface area contributed by atoms with E-state index in [1.807, 2.05) is 18.2 Å². The zero-order chi connectivity index (χ0) is 18.2. The van der Waals surface area contributed by atoms with E-state index in [0.29, 0.717) is 12.3 Å². The number of amides is 1. The highest BCUT2D eigenvalue weighted by Crippen LogP contribution is 2.27. The lowest BCUT2D eigenvalue weighted by molar-refractivity contribution is -0.123. The zero-order valence-electron chi connectivity index (χ0n) is 15.9. The molecule has 2 rings (SSSR count). The lowest BCUT2D eigenvalue weighted by Gasteiger charge is -2.36. The Bertz CT molecular complexity index is 539. The highest BCUT2D eigenvalue weighted by Gasteiger charge is 2.21. The molecule has 1 amide bonds. The first kappa shape index (κ1) is 19.6. The quantitative estimate of drug-likeness (QED) is 0.759. The van der Waals surface area contributed by atoms with Crippen LogP contribution in [0.5, 0.6) is 5.75 Å². The van der Waals surface area contributed by atoms with Crippen LogP contribution < -0.4 is 10.2 Å². The van der Waals surface area contributed by atoms with Gasteiger partial charge in [0.2, 0.25) is 5.91 Å². The first-order valence-corrected chi connectivity index (χ1v) is 9.50. The Morgan fingerprint density at radius 2 is 1.80 bits per heavy atom. The molecule has 1 heterocycles. The Morgan fingerprint density at radius 3 is 2.44 bits per heavy atom. The van der Waals surface area contributed by atoms with E-state index in [-0.39, 0.29) is 11.9 Å². The second kappa shape index (κ2) is 9.66. The van der Waals surface area contributed by atoms with E-state index in [1.165, 1.54) is 12.8 Å². The van der Waals surface area contributed by atoms with Crippen LogP contribution in [0.3, 0.4) is 0 Å². The fraction of sp³-hybridized carbons (Fsp3) is 0.650. The number of carbonyl (C=O) groups is 1. The van der Waals surface area contributed by atoms with Crippen molar-refractivity contribution in [1.29, 1.82) is 0 Å². The lowest BCUT2D eigenvalue weighted by Crippen LogP contribution is -2.50. The number of nitrogens with one attached hydrogen (secondary N) is 1. The average Bonchev–Trinajstić information content (AvgIpc) is 2.55. The summed E-state index contributed by atoms with van der Waals surface area (Å²) in [5, 5.41) is 13.1. The number of para-hydroxylation sites is 2. The van der Waals surface area contributed by atoms with Crippen molar-refractivity contribution in [3.63, 3.8) is 0 Å². The van der Waals surface area contributed by atoms with Gasteiger partial charge in [0, 0.05) is 32.2 Å². The minimum atomic E-state index is 0.119. The summed E-state index contributed by atoms with van der Waals surface area (Å²) >= 11 is 0. The number of piperazine rings is 1. The van der Waals surface area contributed by atoms with Crippen LogP contribution in [0, 0.1) is 5.92 Å². The molecule has 1 fully saturated rings. The van der Waals surface area contributed by atoms with E-state index in [4.69, 9.17) is 0 Å². The fourth-order valence-corrected chi connectivity index (χ4v) is 3.31. The van der Waals surface area contributed by atoms with Gasteiger partial charge in [0.25, 0.3) is 0 Å². The summed E-state index contributed by atoms with van der Waals surface area (Å²) in [5.74, 6) is 1.17. The van der Waals surface area contributed by atoms with Crippen LogP contribution in [0.4, 0.5) is 5.69 Å². The second-order valence-electron chi connectivity index (χ2n) is 7.55. The van der Waals surface area contributed by atoms with Crippen LogP contribution >= 0.6 is 0 Å². The average molecular weight is 348 g/mol. The molecule has 140 valence electrons. The van der Waals surface area contributed by atoms with E-state index in [9.17, 15) is 9.90 Å². The van der Waals surface area contributed by atoms with Crippen LogP contribution in [0.2, 0.25) is 0 Å². The van der Waals surface area contributed by atoms with Gasteiger partial charge in [-0.1, -0.05) is 38.8 Å². The number of anilines is 1. The van der Waals surface area contributed by atoms with Gasteiger partial charge in [-0.05, 0) is 31.4 Å². The van der Waals surface area contributed by atoms with Crippen molar-refractivity contribution in [3.8, 4) is 5.75 Å². The minimum Gasteiger partial charge on any atom is -0.506 e. The molecule has 0 spiro atoms. The maximum absolute atomic E-state index is 12.2. The molecule has 1 aliphatic heterocycles. The molecule has 1 aliphatic rings. The normalized spacial score (nSPS) is 16.9. The summed E-state index contributed by atoms with van der Waals surface area (Å²) in [6.07, 6.45) is 3.43. The lowest BCUT2D eigenvalue weighted by atomic mass is 10.0. The molecule has 0 radical (unpaired) electrons. The van der Waals surface area contributed by atoms with Crippen LogP contribution in [0.1, 0.15) is 40.0 Å². The van der Waals surface area contributed by atoms with E-state index in [2.05, 4.69) is 35.9 Å². The third-order valence-corrected chi connectivity index (χ3v) is 4.79. The van der Waals surface area contributed by atoms with Gasteiger partial charge < -0.3 is 15.3 Å². The van der Waals surface area contributed by atoms with Crippen molar-refractivity contribution < 1.29 is 9.90 Å². The molecule has 5 nitrogen and oxygen atoms in total. The maximum atomic E-state index is 12.2. The number of nitrogens with zero attached hydrogens (tertiary/aromatic N) is 2. The topological polar surface area (TPSA) is 55.8 Å². The first-order valence-electron chi connectivity index (χ1n) is 9.50. The van der Waals surface area contributed by atoms with Crippen molar-refractivity contribution in [1.82, 2.24) is 10.2 Å². The number of phenolic OH excluding ortho intramolecular Hbond substituents is 1. The number of carbonyl (C=O) groups excluding carboxylic acids is 1. The van der Waals surface area contributed by atoms with Gasteiger partial charge in [-0.3, -0.25) is 9.69 Å². The number of benzene rings is 1. The van der Waals surface area contributed by atoms with Crippen LogP contribution in [0.15, 0.2) is 24.3 Å². The van der Waals surface area contributed by atoms with E-state index in [0.717, 1.165) is 44.2 Å². The van der Waals surface area contributed by atoms with Gasteiger partial charge in [-0.15, -0.1) is 0 Å². The van der Waals surface area contributed by atoms with Gasteiger partial charge in [0.15, 0.2) is 0 Å². The van der Waals surface area contributed by atoms with E-state index < -0.39 is 0 Å². The summed E-state index contributed by atoms with van der Waals surface area (Å²) in [5.41, 5.74) is 0.880. The van der Waals surface area contributed by atoms with Crippen molar-refractivity contribution in [2.24, 2.45) is 5.92 Å². The molecular weight excluding hydrogens is 314 g/mol. The van der Waals surface area contributed by atoms with Gasteiger partial charge in [-0.25, -0.2) is 0 Å². The molecule has 0 aromatic heterocycles. The van der Waals surface area contributed by atoms with Crippen LogP contribution in [-0.4, -0.2) is 54.7 Å². The smallest absolute Gasteiger partial charge is 0.234 e. The molecule has 1 aromatic rings. The van der Waals surface area contributed by atoms with Crippen molar-refractivity contribution in [2.45, 2.75) is 46.1 Å². The molecule has 0 unspecified atom stereocenters. The summed E-state index contributed by atoms with van der Waals surface area (Å²) in [4.78, 5) is 16.6. The second-order valence-corrected chi connectivity index (χ2v) is 7.55. The standard InChI is InChI=1S/C20H33N3O2/c1-16(2)7-6-8-17(3)21-20(25)15-22-11-13-23(14-12-22)18-9-4-5-10-19(18)24/h4-5,9-10,16-17,24H,6-8,11-15H2,1-3H3,(H,21,25)/t17-/m1/s1. The third kappa shape index (κ3) is 6.58. The molecule has 0 aliphatic carbocycles. The minimum absolute atomic E-state index is 0.119. The predicted molar refractivity (Wildman–Crippen MR) is 103 cm³/mol. The number of rotatable bonds is 8. The Labute approximate surface area is 152 Å². The molecule has 0 saturated carbocycles. The molecule has 5 heteroatoms. The summed E-state index contributed by atoms with van der Waals surface area (Å²) in [6, 6.07) is 7.68. The number of aromatic hydroxyl groups is 1. The Balaban J connectivity index is 1.69. The van der Waals surface area contributed by atoms with E-state index >= 15 is 0 Å². The van der Waals surface area contributed by atoms with Gasteiger partial charge >= 0.3 is 0 Å². The summed E-state index contributed by atoms with van der Waals surface area (Å²) in [7, 11) is 0. The van der Waals surface area contributed by atoms with Crippen LogP contribution in [0.25, 0.3) is 0 Å². The van der Waals surface area contributed by atoms with Gasteiger partial charge in [0.1, 0.15) is 5.75 Å². The Morgan fingerprint density at radius 1 is 1.12 bits per heavy atom. The number of hydrogen-bond donors (Lipinski definition) is 2.